The van der Waals surface area contributed by atoms with Crippen molar-refractivity contribution < 1.29 is 4.59 Å². The molecule has 2 rings (SSSR count). The highest BCUT2D eigenvalue weighted by Gasteiger charge is 2.49. The first-order valence-corrected chi connectivity index (χ1v) is 4.89. The van der Waals surface area contributed by atoms with Gasteiger partial charge in [-0.25, -0.2) is 4.59 Å². The van der Waals surface area contributed by atoms with Gasteiger partial charge in [0.15, 0.2) is 6.67 Å². The minimum Gasteiger partial charge on any atom is -0.267 e. The molecule has 0 aromatic carbocycles. The fourth-order valence-corrected chi connectivity index (χ4v) is 2.32. The lowest BCUT2D eigenvalue weighted by molar-refractivity contribution is -1.00. The summed E-state index contributed by atoms with van der Waals surface area (Å²) in [7, 11) is 0. The third-order valence-corrected chi connectivity index (χ3v) is 3.35. The third-order valence-electron chi connectivity index (χ3n) is 3.35. The molecule has 70 valence electrons. The van der Waals surface area contributed by atoms with Crippen LogP contribution < -0.4 is 10.7 Å². The minimum atomic E-state index is 0.322. The number of hydrogen-bond acceptors (Lipinski definition) is 2. The van der Waals surface area contributed by atoms with Gasteiger partial charge in [-0.3, -0.25) is 5.32 Å². The lowest BCUT2D eigenvalue weighted by Crippen LogP contribution is -2.71. The van der Waals surface area contributed by atoms with Crippen LogP contribution in [0.1, 0.15) is 27.2 Å². The lowest BCUT2D eigenvalue weighted by atomic mass is 10.1. The van der Waals surface area contributed by atoms with E-state index in [2.05, 4.69) is 31.5 Å². The number of quaternary nitrogens is 1. The van der Waals surface area contributed by atoms with Crippen molar-refractivity contribution in [1.82, 2.24) is 10.7 Å². The standard InChI is InChI=1S/C9H20N3/c1-9(2,3)12-5-4-8(11-12)6-10-7-12/h8,10-11H,4-7H2,1-3H3/q+1. The summed E-state index contributed by atoms with van der Waals surface area (Å²) in [6.45, 7) is 10.5. The van der Waals surface area contributed by atoms with Crippen LogP contribution in [0.4, 0.5) is 0 Å². The van der Waals surface area contributed by atoms with Gasteiger partial charge in [-0.15, -0.1) is 0 Å². The average molecular weight is 170 g/mol. The summed E-state index contributed by atoms with van der Waals surface area (Å²) < 4.78 is 1.05. The van der Waals surface area contributed by atoms with E-state index in [9.17, 15) is 0 Å². The van der Waals surface area contributed by atoms with Gasteiger partial charge >= 0.3 is 0 Å². The molecule has 0 aromatic heterocycles. The first-order valence-electron chi connectivity index (χ1n) is 4.89. The zero-order valence-electron chi connectivity index (χ0n) is 8.35. The van der Waals surface area contributed by atoms with E-state index < -0.39 is 0 Å². The summed E-state index contributed by atoms with van der Waals surface area (Å²) in [4.78, 5) is 0. The summed E-state index contributed by atoms with van der Waals surface area (Å²) in [6, 6.07) is 0.706. The largest absolute Gasteiger partial charge is 0.267 e. The smallest absolute Gasteiger partial charge is 0.150 e. The molecule has 2 saturated heterocycles. The Labute approximate surface area is 74.7 Å². The zero-order chi connectivity index (χ0) is 8.82. The zero-order valence-corrected chi connectivity index (χ0v) is 8.35. The second-order valence-electron chi connectivity index (χ2n) is 5.09. The Balaban J connectivity index is 2.21. The number of nitrogens with zero attached hydrogens (tertiary/aromatic N) is 1. The number of hydrogen-bond donors (Lipinski definition) is 2. The molecular formula is C9H20N3+. The molecule has 2 N–H and O–H groups in total. The van der Waals surface area contributed by atoms with Gasteiger partial charge in [-0.1, -0.05) is 0 Å². The molecule has 2 aliphatic heterocycles. The Morgan fingerprint density at radius 1 is 1.33 bits per heavy atom. The van der Waals surface area contributed by atoms with Gasteiger partial charge in [-0.2, -0.15) is 5.43 Å². The maximum Gasteiger partial charge on any atom is 0.150 e. The van der Waals surface area contributed by atoms with Crippen LogP contribution in [0.2, 0.25) is 0 Å². The molecule has 0 saturated carbocycles. The highest BCUT2D eigenvalue weighted by atomic mass is 15.7. The van der Waals surface area contributed by atoms with Crippen LogP contribution >= 0.6 is 0 Å². The Bertz CT molecular complexity index is 181. The van der Waals surface area contributed by atoms with E-state index in [1.54, 1.807) is 0 Å². The van der Waals surface area contributed by atoms with Crippen molar-refractivity contribution in [2.45, 2.75) is 38.8 Å². The van der Waals surface area contributed by atoms with E-state index in [1.807, 2.05) is 0 Å². The highest BCUT2D eigenvalue weighted by Crippen LogP contribution is 2.28. The van der Waals surface area contributed by atoms with Gasteiger partial charge in [-0.05, 0) is 20.8 Å². The monoisotopic (exact) mass is 170 g/mol. The second kappa shape index (κ2) is 2.44. The first-order chi connectivity index (χ1) is 5.54. The van der Waals surface area contributed by atoms with Crippen molar-refractivity contribution >= 4 is 0 Å². The fraction of sp³-hybridized carbons (Fsp3) is 1.00. The van der Waals surface area contributed by atoms with Gasteiger partial charge in [0.25, 0.3) is 0 Å². The van der Waals surface area contributed by atoms with Crippen LogP contribution in [0.5, 0.6) is 0 Å². The number of fused-ring (bicyclic) bond motifs is 2. The number of rotatable bonds is 0. The Kier molecular flexibility index (Phi) is 1.72. The molecular weight excluding hydrogens is 150 g/mol. The van der Waals surface area contributed by atoms with Gasteiger partial charge in [0.1, 0.15) is 5.54 Å². The summed E-state index contributed by atoms with van der Waals surface area (Å²) in [5.74, 6) is 0. The average Bonchev–Trinajstić information content (AvgIpc) is 2.27. The second-order valence-corrected chi connectivity index (χ2v) is 5.09. The molecule has 2 unspecified atom stereocenters. The molecule has 0 radical (unpaired) electrons. The van der Waals surface area contributed by atoms with Crippen LogP contribution in [0.3, 0.4) is 0 Å². The van der Waals surface area contributed by atoms with Crippen LogP contribution in [-0.2, 0) is 0 Å². The molecule has 3 heteroatoms. The molecule has 0 aromatic rings. The van der Waals surface area contributed by atoms with E-state index in [-0.39, 0.29) is 0 Å². The van der Waals surface area contributed by atoms with E-state index in [0.29, 0.717) is 11.6 Å². The predicted octanol–water partition coefficient (Wildman–Crippen LogP) is 0.439. The van der Waals surface area contributed by atoms with Crippen LogP contribution in [0, 0.1) is 0 Å². The molecule has 0 aliphatic carbocycles. The predicted molar refractivity (Wildman–Crippen MR) is 49.3 cm³/mol. The van der Waals surface area contributed by atoms with E-state index in [0.717, 1.165) is 17.8 Å². The van der Waals surface area contributed by atoms with Crippen LogP contribution in [-0.4, -0.2) is 35.9 Å². The lowest BCUT2D eigenvalue weighted by Gasteiger charge is -2.46. The fourth-order valence-electron chi connectivity index (χ4n) is 2.32. The molecule has 3 nitrogen and oxygen atoms in total. The molecule has 2 atom stereocenters. The van der Waals surface area contributed by atoms with Gasteiger partial charge in [0, 0.05) is 13.0 Å². The number of nitrogens with one attached hydrogen (secondary N) is 2. The maximum absolute atomic E-state index is 3.72. The van der Waals surface area contributed by atoms with Crippen molar-refractivity contribution in [2.75, 3.05) is 19.8 Å². The summed E-state index contributed by atoms with van der Waals surface area (Å²) in [5, 5.41) is 3.50. The minimum absolute atomic E-state index is 0.322. The first kappa shape index (κ1) is 8.48. The van der Waals surface area contributed by atoms with Crippen molar-refractivity contribution in [2.24, 2.45) is 0 Å². The Morgan fingerprint density at radius 3 is 2.67 bits per heavy atom. The normalized spacial score (nSPS) is 41.8. The van der Waals surface area contributed by atoms with Gasteiger partial charge in [0.05, 0.1) is 12.6 Å². The van der Waals surface area contributed by atoms with E-state index >= 15 is 0 Å². The van der Waals surface area contributed by atoms with Crippen molar-refractivity contribution in [3.63, 3.8) is 0 Å². The molecule has 2 fully saturated rings. The molecule has 2 bridgehead atoms. The maximum atomic E-state index is 3.72. The van der Waals surface area contributed by atoms with Crippen LogP contribution in [0.15, 0.2) is 0 Å². The topological polar surface area (TPSA) is 24.1 Å². The molecule has 2 heterocycles. The summed E-state index contributed by atoms with van der Waals surface area (Å²) in [6.07, 6.45) is 1.32. The summed E-state index contributed by atoms with van der Waals surface area (Å²) >= 11 is 0. The molecule has 2 aliphatic rings. The molecule has 0 amide bonds. The Morgan fingerprint density at radius 2 is 2.08 bits per heavy atom. The van der Waals surface area contributed by atoms with Crippen molar-refractivity contribution in [3.8, 4) is 0 Å². The van der Waals surface area contributed by atoms with Crippen molar-refractivity contribution in [3.05, 3.63) is 0 Å². The van der Waals surface area contributed by atoms with Gasteiger partial charge in [0.2, 0.25) is 0 Å². The van der Waals surface area contributed by atoms with E-state index in [1.165, 1.54) is 13.0 Å². The summed E-state index contributed by atoms with van der Waals surface area (Å²) in [5.41, 5.74) is 4.04. The van der Waals surface area contributed by atoms with E-state index in [4.69, 9.17) is 0 Å². The SMILES string of the molecule is CC(C)(C)[N+]12CCC(CNC1)N2. The molecule has 12 heavy (non-hydrogen) atoms. The molecule has 0 spiro atoms. The van der Waals surface area contributed by atoms with Crippen molar-refractivity contribution in [1.29, 1.82) is 0 Å². The quantitative estimate of drug-likeness (QED) is 0.515. The third kappa shape index (κ3) is 1.08. The highest BCUT2D eigenvalue weighted by molar-refractivity contribution is 4.78. The Hall–Kier alpha value is -0.120. The van der Waals surface area contributed by atoms with Crippen LogP contribution in [0.25, 0.3) is 0 Å². The van der Waals surface area contributed by atoms with Gasteiger partial charge < -0.3 is 0 Å².